The zero-order valence-electron chi connectivity index (χ0n) is 27.5. The van der Waals surface area contributed by atoms with Crippen molar-refractivity contribution in [3.05, 3.63) is 131 Å². The molecule has 3 aromatic carbocycles. The van der Waals surface area contributed by atoms with Crippen molar-refractivity contribution in [2.24, 2.45) is 4.99 Å². The number of carbonyl (C=O) groups is 2. The van der Waals surface area contributed by atoms with E-state index in [0.717, 1.165) is 55.2 Å². The van der Waals surface area contributed by atoms with Crippen LogP contribution < -0.4 is 20.6 Å². The van der Waals surface area contributed by atoms with E-state index in [1.165, 1.54) is 0 Å². The van der Waals surface area contributed by atoms with Gasteiger partial charge in [-0.3, -0.25) is 9.79 Å². The van der Waals surface area contributed by atoms with Crippen LogP contribution in [0.1, 0.15) is 74.2 Å². The smallest absolute Gasteiger partial charge is 0.338 e. The van der Waals surface area contributed by atoms with Crippen LogP contribution in [0.2, 0.25) is 0 Å². The highest BCUT2D eigenvalue weighted by atomic mass is 16.6. The van der Waals surface area contributed by atoms with E-state index in [0.29, 0.717) is 23.0 Å². The van der Waals surface area contributed by atoms with Crippen LogP contribution in [0.5, 0.6) is 11.5 Å². The normalized spacial score (nSPS) is 18.6. The molecule has 0 atom stereocenters. The Bertz CT molecular complexity index is 2010. The van der Waals surface area contributed by atoms with Gasteiger partial charge in [0.2, 0.25) is 0 Å². The summed E-state index contributed by atoms with van der Waals surface area (Å²) in [6.07, 6.45) is 11.3. The summed E-state index contributed by atoms with van der Waals surface area (Å²) in [7, 11) is 0. The van der Waals surface area contributed by atoms with Gasteiger partial charge in [0.05, 0.1) is 27.9 Å². The van der Waals surface area contributed by atoms with E-state index in [1.807, 2.05) is 24.3 Å². The van der Waals surface area contributed by atoms with Crippen molar-refractivity contribution in [3.8, 4) is 11.5 Å². The van der Waals surface area contributed by atoms with Crippen molar-refractivity contribution in [2.75, 3.05) is 18.5 Å². The van der Waals surface area contributed by atoms with Gasteiger partial charge >= 0.3 is 11.9 Å². The first-order valence-electron chi connectivity index (χ1n) is 15.9. The number of benzene rings is 3. The maximum Gasteiger partial charge on any atom is 0.338 e. The number of rotatable bonds is 6. The summed E-state index contributed by atoms with van der Waals surface area (Å²) in [5, 5.41) is 5.38. The molecule has 237 valence electrons. The minimum atomic E-state index is -0.504. The van der Waals surface area contributed by atoms with Crippen LogP contribution in [0.15, 0.2) is 65.7 Å². The number of nitrogens with one attached hydrogen (secondary N) is 1. The fourth-order valence-corrected chi connectivity index (χ4v) is 6.87. The van der Waals surface area contributed by atoms with Crippen molar-refractivity contribution >= 4 is 34.3 Å². The quantitative estimate of drug-likeness (QED) is 0.193. The maximum atomic E-state index is 13.7. The van der Waals surface area contributed by atoms with Gasteiger partial charge in [0.25, 0.3) is 0 Å². The van der Waals surface area contributed by atoms with Crippen LogP contribution in [0.25, 0.3) is 16.7 Å². The molecule has 0 amide bonds. The summed E-state index contributed by atoms with van der Waals surface area (Å²) in [5.41, 5.74) is 7.70. The third kappa shape index (κ3) is 5.88. The van der Waals surface area contributed by atoms with Gasteiger partial charge in [0.1, 0.15) is 24.7 Å². The van der Waals surface area contributed by atoms with E-state index in [2.05, 4.69) is 77.2 Å². The van der Waals surface area contributed by atoms with Gasteiger partial charge in [-0.25, -0.2) is 4.79 Å². The molecular formula is C40H37N2O5. The van der Waals surface area contributed by atoms with Gasteiger partial charge in [-0.1, -0.05) is 30.4 Å². The molecule has 4 aliphatic rings. The maximum absolute atomic E-state index is 13.7. The molecule has 47 heavy (non-hydrogen) atoms. The molecule has 0 aromatic heterocycles. The third-order valence-corrected chi connectivity index (χ3v) is 8.70. The Balaban J connectivity index is 1.34. The highest BCUT2D eigenvalue weighted by molar-refractivity contribution is 6.00. The number of hydrogen-bond donors (Lipinski definition) is 1. The fourth-order valence-electron chi connectivity index (χ4n) is 6.87. The predicted molar refractivity (Wildman–Crippen MR) is 183 cm³/mol. The average Bonchev–Trinajstić information content (AvgIpc) is 3.55. The number of carbonyl (C=O) groups excluding carboxylic acids is 2. The zero-order chi connectivity index (χ0) is 33.1. The average molecular weight is 626 g/mol. The lowest BCUT2D eigenvalue weighted by Crippen LogP contribution is -2.32. The molecule has 7 nitrogen and oxygen atoms in total. The second-order valence-corrected chi connectivity index (χ2v) is 13.5. The van der Waals surface area contributed by atoms with Gasteiger partial charge in [0, 0.05) is 45.3 Å². The molecule has 0 saturated heterocycles. The first-order chi connectivity index (χ1) is 22.4. The van der Waals surface area contributed by atoms with E-state index in [9.17, 15) is 9.59 Å². The molecule has 7 heteroatoms. The fraction of sp³-hybridized carbons (Fsp3) is 0.250. The lowest BCUT2D eigenvalue weighted by Gasteiger charge is -2.33. The summed E-state index contributed by atoms with van der Waals surface area (Å²) in [6, 6.07) is 15.8. The minimum Gasteiger partial charge on any atom is -0.462 e. The molecule has 0 bridgehead atoms. The van der Waals surface area contributed by atoms with Crippen molar-refractivity contribution in [1.29, 1.82) is 0 Å². The molecule has 7 rings (SSSR count). The Morgan fingerprint density at radius 1 is 0.787 bits per heavy atom. The van der Waals surface area contributed by atoms with Crippen LogP contribution in [0.3, 0.4) is 0 Å². The third-order valence-electron chi connectivity index (χ3n) is 8.70. The Hall–Kier alpha value is -4.65. The Labute approximate surface area is 276 Å². The van der Waals surface area contributed by atoms with Crippen LogP contribution in [0.4, 0.5) is 5.69 Å². The monoisotopic (exact) mass is 625 g/mol. The molecule has 1 fully saturated rings. The Morgan fingerprint density at radius 2 is 1.49 bits per heavy atom. The van der Waals surface area contributed by atoms with E-state index in [-0.39, 0.29) is 24.3 Å². The van der Waals surface area contributed by atoms with Gasteiger partial charge in [-0.05, 0) is 102 Å². The molecule has 3 aliphatic heterocycles. The van der Waals surface area contributed by atoms with Crippen molar-refractivity contribution in [3.63, 3.8) is 0 Å². The first kappa shape index (κ1) is 31.0. The molecule has 5 radical (unpaired) electrons. The molecule has 0 unspecified atom stereocenters. The lowest BCUT2D eigenvalue weighted by atomic mass is 9.84. The van der Waals surface area contributed by atoms with Crippen LogP contribution in [-0.4, -0.2) is 36.2 Å². The lowest BCUT2D eigenvalue weighted by molar-refractivity contribution is -0.141. The number of esters is 2. The summed E-state index contributed by atoms with van der Waals surface area (Å²) < 4.78 is 17.6. The van der Waals surface area contributed by atoms with Crippen LogP contribution in [-0.2, 0) is 14.3 Å². The Morgan fingerprint density at radius 3 is 2.26 bits per heavy atom. The minimum absolute atomic E-state index is 0.0489. The molecule has 0 spiro atoms. The van der Waals surface area contributed by atoms with Gasteiger partial charge in [-0.15, -0.1) is 0 Å². The van der Waals surface area contributed by atoms with Gasteiger partial charge in [-0.2, -0.15) is 0 Å². The molecule has 1 aliphatic carbocycles. The van der Waals surface area contributed by atoms with E-state index < -0.39 is 11.9 Å². The number of allylic oxidation sites excluding steroid dienone is 2. The summed E-state index contributed by atoms with van der Waals surface area (Å²) >= 11 is 0. The molecule has 1 saturated carbocycles. The van der Waals surface area contributed by atoms with Crippen LogP contribution in [0, 0.1) is 31.6 Å². The number of ether oxygens (including phenoxy) is 3. The summed E-state index contributed by atoms with van der Waals surface area (Å²) in [6.45, 7) is 12.6. The second kappa shape index (κ2) is 11.5. The SMILES string of the molecule is CC1=CC(C)(C)Nc2cc3c(cc21)C(c1ccccc1C(=O)OCCOC(=O)[C]1[CH][CH][CH][CH]1)=c1cc2c(cc1O3)=NC(C)(C)C=C2C. The number of hydrogen-bond acceptors (Lipinski definition) is 7. The highest BCUT2D eigenvalue weighted by Gasteiger charge is 2.31. The van der Waals surface area contributed by atoms with E-state index in [1.54, 1.807) is 31.7 Å². The van der Waals surface area contributed by atoms with Gasteiger partial charge < -0.3 is 19.5 Å². The molecule has 3 heterocycles. The van der Waals surface area contributed by atoms with Crippen LogP contribution >= 0.6 is 0 Å². The molecule has 1 N–H and O–H groups in total. The highest BCUT2D eigenvalue weighted by Crippen LogP contribution is 2.44. The molecule has 3 aromatic rings. The predicted octanol–water partition coefficient (Wildman–Crippen LogP) is 6.57. The van der Waals surface area contributed by atoms with E-state index in [4.69, 9.17) is 19.2 Å². The second-order valence-electron chi connectivity index (χ2n) is 13.5. The summed E-state index contributed by atoms with van der Waals surface area (Å²) in [5.74, 6) is 0.866. The topological polar surface area (TPSA) is 86.2 Å². The zero-order valence-corrected chi connectivity index (χ0v) is 27.5. The standard InChI is InChI=1S/C40H37N2O5/c1-23-21-39(3,4)41-32-19-34-30(17-28(23)32)36(31-18-29-24(2)22-40(5,6)42-33(29)20-35(31)47-34)26-13-9-10-14-27(26)38(44)46-16-15-45-37(43)25-11-7-8-12-25/h7-14,17-22,41H,15-16H2,1-6H3. The summed E-state index contributed by atoms with van der Waals surface area (Å²) in [4.78, 5) is 30.9. The van der Waals surface area contributed by atoms with Gasteiger partial charge in [0.15, 0.2) is 0 Å². The van der Waals surface area contributed by atoms with E-state index >= 15 is 0 Å². The van der Waals surface area contributed by atoms with Crippen molar-refractivity contribution in [2.45, 2.75) is 52.6 Å². The number of anilines is 1. The van der Waals surface area contributed by atoms with Crippen molar-refractivity contribution in [1.82, 2.24) is 0 Å². The first-order valence-corrected chi connectivity index (χ1v) is 15.9. The largest absolute Gasteiger partial charge is 0.462 e. The number of nitrogens with zero attached hydrogens (tertiary/aromatic N) is 1. The van der Waals surface area contributed by atoms with Crippen molar-refractivity contribution < 1.29 is 23.8 Å². The number of fused-ring (bicyclic) bond motifs is 4. The Kier molecular flexibility index (Phi) is 7.61. The molecular weight excluding hydrogens is 588 g/mol.